The number of nitrogens with one attached hydrogen (secondary N) is 1. The molecule has 2 aliphatic rings. The van der Waals surface area contributed by atoms with E-state index in [1.165, 1.54) is 4.90 Å². The lowest BCUT2D eigenvalue weighted by Gasteiger charge is -2.30. The van der Waals surface area contributed by atoms with Crippen LogP contribution in [-0.2, 0) is 14.3 Å². The Morgan fingerprint density at radius 3 is 2.27 bits per heavy atom. The van der Waals surface area contributed by atoms with Gasteiger partial charge in [0.25, 0.3) is 0 Å². The molecule has 3 atom stereocenters. The summed E-state index contributed by atoms with van der Waals surface area (Å²) < 4.78 is 5.61. The maximum Gasteiger partial charge on any atom is 0.407 e. The molecule has 1 heterocycles. The predicted octanol–water partition coefficient (Wildman–Crippen LogP) is 4.02. The standard InChI is InChI=1S/C26H30N2O5/c1-3-16(2)23(24(29)28-14-8-13-22(28)25(30)31)27-26(32)33-15-21-19-11-6-4-9-17(19)18-10-5-7-12-20(18)21/h4-7,9-12,16,21-23H,3,8,13-15H2,1-2H3,(H,27,32)(H,30,31)/t16?,22-,23?/m1/s1. The molecule has 1 aliphatic heterocycles. The molecule has 2 unspecified atom stereocenters. The van der Waals surface area contributed by atoms with Crippen molar-refractivity contribution in [2.75, 3.05) is 13.2 Å². The molecular formula is C26H30N2O5. The monoisotopic (exact) mass is 450 g/mol. The number of likely N-dealkylation sites (tertiary alicyclic amines) is 1. The molecule has 0 radical (unpaired) electrons. The summed E-state index contributed by atoms with van der Waals surface area (Å²) in [5, 5.41) is 12.2. The fraction of sp³-hybridized carbons (Fsp3) is 0.423. The van der Waals surface area contributed by atoms with Crippen molar-refractivity contribution in [3.05, 3.63) is 59.7 Å². The van der Waals surface area contributed by atoms with Gasteiger partial charge in [-0.1, -0.05) is 68.8 Å². The molecule has 1 fully saturated rings. The average Bonchev–Trinajstić information content (AvgIpc) is 3.44. The van der Waals surface area contributed by atoms with Crippen LogP contribution in [0.15, 0.2) is 48.5 Å². The SMILES string of the molecule is CCC(C)C(NC(=O)OCC1c2ccccc2-c2ccccc21)C(=O)N1CCC[C@@H]1C(=O)O. The fourth-order valence-electron chi connectivity index (χ4n) is 4.92. The summed E-state index contributed by atoms with van der Waals surface area (Å²) in [5.74, 6) is -1.60. The van der Waals surface area contributed by atoms with Crippen molar-refractivity contribution in [3.63, 3.8) is 0 Å². The van der Waals surface area contributed by atoms with Crippen LogP contribution in [0.3, 0.4) is 0 Å². The summed E-state index contributed by atoms with van der Waals surface area (Å²) in [4.78, 5) is 38.9. The lowest BCUT2D eigenvalue weighted by Crippen LogP contribution is -2.54. The molecule has 2 aromatic carbocycles. The minimum atomic E-state index is -1.01. The number of aliphatic carboxylic acids is 1. The smallest absolute Gasteiger partial charge is 0.407 e. The third kappa shape index (κ3) is 4.45. The van der Waals surface area contributed by atoms with E-state index in [4.69, 9.17) is 4.74 Å². The zero-order valence-corrected chi connectivity index (χ0v) is 19.0. The number of amides is 2. The molecule has 2 amide bonds. The highest BCUT2D eigenvalue weighted by Gasteiger charge is 2.39. The molecule has 7 heteroatoms. The van der Waals surface area contributed by atoms with E-state index in [-0.39, 0.29) is 24.3 Å². The Bertz CT molecular complexity index is 1010. The third-order valence-corrected chi connectivity index (χ3v) is 6.92. The molecule has 174 valence electrons. The van der Waals surface area contributed by atoms with E-state index >= 15 is 0 Å². The number of nitrogens with zero attached hydrogens (tertiary/aromatic N) is 1. The zero-order chi connectivity index (χ0) is 23.5. The maximum absolute atomic E-state index is 13.2. The second kappa shape index (κ2) is 9.65. The number of alkyl carbamates (subject to hydrolysis) is 1. The van der Waals surface area contributed by atoms with Gasteiger partial charge in [0, 0.05) is 12.5 Å². The van der Waals surface area contributed by atoms with Crippen molar-refractivity contribution >= 4 is 18.0 Å². The zero-order valence-electron chi connectivity index (χ0n) is 19.0. The first kappa shape index (κ1) is 22.8. The molecular weight excluding hydrogens is 420 g/mol. The van der Waals surface area contributed by atoms with Gasteiger partial charge in [0.1, 0.15) is 18.7 Å². The van der Waals surface area contributed by atoms with Crippen LogP contribution in [0.5, 0.6) is 0 Å². The second-order valence-corrected chi connectivity index (χ2v) is 8.86. The van der Waals surface area contributed by atoms with Crippen molar-refractivity contribution in [2.24, 2.45) is 5.92 Å². The van der Waals surface area contributed by atoms with Gasteiger partial charge in [-0.25, -0.2) is 9.59 Å². The number of carbonyl (C=O) groups excluding carboxylic acids is 2. The number of hydrogen-bond donors (Lipinski definition) is 2. The van der Waals surface area contributed by atoms with Gasteiger partial charge in [0.15, 0.2) is 0 Å². The Morgan fingerprint density at radius 2 is 1.70 bits per heavy atom. The van der Waals surface area contributed by atoms with Crippen LogP contribution in [-0.4, -0.2) is 53.2 Å². The minimum absolute atomic E-state index is 0.0733. The highest BCUT2D eigenvalue weighted by Crippen LogP contribution is 2.44. The molecule has 2 N–H and O–H groups in total. The van der Waals surface area contributed by atoms with Crippen LogP contribution >= 0.6 is 0 Å². The van der Waals surface area contributed by atoms with Gasteiger partial charge in [0.2, 0.25) is 5.91 Å². The number of hydrogen-bond acceptors (Lipinski definition) is 4. The van der Waals surface area contributed by atoms with Gasteiger partial charge in [-0.2, -0.15) is 0 Å². The Hall–Kier alpha value is -3.35. The van der Waals surface area contributed by atoms with Crippen LogP contribution in [0, 0.1) is 5.92 Å². The van der Waals surface area contributed by atoms with Crippen LogP contribution in [0.2, 0.25) is 0 Å². The van der Waals surface area contributed by atoms with Gasteiger partial charge >= 0.3 is 12.1 Å². The summed E-state index contributed by atoms with van der Waals surface area (Å²) in [6.07, 6.45) is 1.06. The van der Waals surface area contributed by atoms with E-state index in [1.807, 2.05) is 50.2 Å². The molecule has 0 bridgehead atoms. The fourth-order valence-corrected chi connectivity index (χ4v) is 4.92. The molecule has 4 rings (SSSR count). The van der Waals surface area contributed by atoms with Crippen LogP contribution < -0.4 is 5.32 Å². The summed E-state index contributed by atoms with van der Waals surface area (Å²) in [6.45, 7) is 4.35. The lowest BCUT2D eigenvalue weighted by molar-refractivity contribution is -0.149. The summed E-state index contributed by atoms with van der Waals surface area (Å²) >= 11 is 0. The van der Waals surface area contributed by atoms with E-state index in [1.54, 1.807) is 0 Å². The number of benzene rings is 2. The number of carboxylic acids is 1. The van der Waals surface area contributed by atoms with Crippen LogP contribution in [0.25, 0.3) is 11.1 Å². The van der Waals surface area contributed by atoms with Crippen molar-refractivity contribution < 1.29 is 24.2 Å². The Labute approximate surface area is 193 Å². The first-order chi connectivity index (χ1) is 15.9. The van der Waals surface area contributed by atoms with Crippen molar-refractivity contribution in [2.45, 2.75) is 51.1 Å². The van der Waals surface area contributed by atoms with Crippen molar-refractivity contribution in [1.82, 2.24) is 10.2 Å². The quantitative estimate of drug-likeness (QED) is 0.664. The second-order valence-electron chi connectivity index (χ2n) is 8.86. The van der Waals surface area contributed by atoms with E-state index in [0.717, 1.165) is 22.3 Å². The Kier molecular flexibility index (Phi) is 6.67. The highest BCUT2D eigenvalue weighted by molar-refractivity contribution is 5.90. The number of fused-ring (bicyclic) bond motifs is 3. The lowest BCUT2D eigenvalue weighted by atomic mass is 9.97. The van der Waals surface area contributed by atoms with Gasteiger partial charge in [-0.05, 0) is 41.0 Å². The normalized spacial score (nSPS) is 18.8. The summed E-state index contributed by atoms with van der Waals surface area (Å²) in [5.41, 5.74) is 4.51. The molecule has 1 aliphatic carbocycles. The summed E-state index contributed by atoms with van der Waals surface area (Å²) in [6, 6.07) is 14.5. The van der Waals surface area contributed by atoms with Crippen LogP contribution in [0.1, 0.15) is 50.2 Å². The first-order valence-corrected chi connectivity index (χ1v) is 11.6. The topological polar surface area (TPSA) is 95.9 Å². The van der Waals surface area contributed by atoms with Crippen molar-refractivity contribution in [3.8, 4) is 11.1 Å². The Morgan fingerprint density at radius 1 is 1.09 bits per heavy atom. The van der Waals surface area contributed by atoms with Gasteiger partial charge in [-0.15, -0.1) is 0 Å². The van der Waals surface area contributed by atoms with Gasteiger partial charge in [-0.3, -0.25) is 4.79 Å². The molecule has 0 aromatic heterocycles. The Balaban J connectivity index is 1.46. The van der Waals surface area contributed by atoms with Crippen LogP contribution in [0.4, 0.5) is 4.79 Å². The molecule has 7 nitrogen and oxygen atoms in total. The number of ether oxygens (including phenoxy) is 1. The van der Waals surface area contributed by atoms with E-state index in [2.05, 4.69) is 17.4 Å². The minimum Gasteiger partial charge on any atom is -0.480 e. The first-order valence-electron chi connectivity index (χ1n) is 11.6. The molecule has 33 heavy (non-hydrogen) atoms. The molecule has 0 spiro atoms. The van der Waals surface area contributed by atoms with E-state index in [9.17, 15) is 19.5 Å². The highest BCUT2D eigenvalue weighted by atomic mass is 16.5. The molecule has 1 saturated heterocycles. The molecule has 0 saturated carbocycles. The van der Waals surface area contributed by atoms with E-state index in [0.29, 0.717) is 25.8 Å². The van der Waals surface area contributed by atoms with E-state index < -0.39 is 24.1 Å². The summed E-state index contributed by atoms with van der Waals surface area (Å²) in [7, 11) is 0. The molecule has 2 aromatic rings. The number of carboxylic acid groups (broad SMARTS) is 1. The average molecular weight is 451 g/mol. The third-order valence-electron chi connectivity index (χ3n) is 6.92. The maximum atomic E-state index is 13.2. The number of rotatable bonds is 7. The predicted molar refractivity (Wildman–Crippen MR) is 124 cm³/mol. The van der Waals surface area contributed by atoms with Gasteiger partial charge in [0.05, 0.1) is 0 Å². The van der Waals surface area contributed by atoms with Gasteiger partial charge < -0.3 is 20.1 Å². The largest absolute Gasteiger partial charge is 0.480 e. The number of carbonyl (C=O) groups is 3. The van der Waals surface area contributed by atoms with Crippen molar-refractivity contribution in [1.29, 1.82) is 0 Å².